The molecule has 2 aromatic carbocycles. The van der Waals surface area contributed by atoms with Crippen molar-refractivity contribution < 1.29 is 24.1 Å². The third-order valence-corrected chi connectivity index (χ3v) is 10.9. The van der Waals surface area contributed by atoms with Gasteiger partial charge in [0.15, 0.2) is 11.5 Å². The van der Waals surface area contributed by atoms with Gasteiger partial charge in [-0.25, -0.2) is 0 Å². The summed E-state index contributed by atoms with van der Waals surface area (Å²) in [4.78, 5) is 0. The van der Waals surface area contributed by atoms with Gasteiger partial charge in [0.25, 0.3) is 0 Å². The lowest BCUT2D eigenvalue weighted by molar-refractivity contribution is -0.0415. The van der Waals surface area contributed by atoms with Crippen molar-refractivity contribution in [2.45, 2.75) is 64.9 Å². The zero-order valence-electron chi connectivity index (χ0n) is 23.8. The van der Waals surface area contributed by atoms with Gasteiger partial charge in [-0.15, -0.1) is 0 Å². The highest BCUT2D eigenvalue weighted by Gasteiger charge is 2.70. The van der Waals surface area contributed by atoms with Crippen molar-refractivity contribution in [2.75, 3.05) is 21.3 Å². The highest BCUT2D eigenvalue weighted by Crippen LogP contribution is 2.76. The number of allylic oxidation sites excluding steroid dienone is 1. The van der Waals surface area contributed by atoms with Crippen LogP contribution >= 0.6 is 0 Å². The van der Waals surface area contributed by atoms with Crippen LogP contribution in [0, 0.1) is 34.5 Å². The van der Waals surface area contributed by atoms with Gasteiger partial charge in [0, 0.05) is 23.1 Å². The molecule has 0 amide bonds. The van der Waals surface area contributed by atoms with Crippen LogP contribution in [0.2, 0.25) is 0 Å². The lowest BCUT2D eigenvalue weighted by atomic mass is 9.61. The fraction of sp³-hybridized carbons (Fsp3) is 0.576. The minimum absolute atomic E-state index is 0.0252. The molecule has 0 radical (unpaired) electrons. The van der Waals surface area contributed by atoms with Crippen molar-refractivity contribution in [3.8, 4) is 23.0 Å². The average molecular weight is 519 g/mol. The van der Waals surface area contributed by atoms with Gasteiger partial charge >= 0.3 is 0 Å². The van der Waals surface area contributed by atoms with E-state index in [9.17, 15) is 5.11 Å². The van der Waals surface area contributed by atoms with Gasteiger partial charge in [-0.2, -0.15) is 0 Å². The van der Waals surface area contributed by atoms with Gasteiger partial charge in [-0.05, 0) is 73.2 Å². The van der Waals surface area contributed by atoms with E-state index in [1.165, 1.54) is 0 Å². The first-order chi connectivity index (χ1) is 18.1. The first-order valence-corrected chi connectivity index (χ1v) is 14.1. The van der Waals surface area contributed by atoms with Crippen LogP contribution in [-0.2, 0) is 0 Å². The summed E-state index contributed by atoms with van der Waals surface area (Å²) in [5, 5.41) is 11.7. The molecule has 2 aromatic rings. The Bertz CT molecular complexity index is 1260. The second-order valence-corrected chi connectivity index (χ2v) is 13.1. The molecule has 0 bridgehead atoms. The minimum atomic E-state index is -0.645. The van der Waals surface area contributed by atoms with E-state index in [1.807, 2.05) is 24.3 Å². The second kappa shape index (κ2) is 8.67. The Morgan fingerprint density at radius 2 is 1.53 bits per heavy atom. The van der Waals surface area contributed by atoms with Crippen molar-refractivity contribution in [1.29, 1.82) is 0 Å². The molecular weight excluding hydrogens is 476 g/mol. The Kier molecular flexibility index (Phi) is 5.85. The lowest BCUT2D eigenvalue weighted by Gasteiger charge is -2.45. The Hall–Kier alpha value is -2.66. The van der Waals surface area contributed by atoms with E-state index in [2.05, 4.69) is 45.9 Å². The molecule has 1 N–H and O–H groups in total. The van der Waals surface area contributed by atoms with E-state index in [0.29, 0.717) is 40.4 Å². The SMILES string of the molecule is COc1cc(OC)c2c(c1OC)OC(c1ccccc1)=C[C@H]2[C@@]1(C)CC[C@@H]2[C@@H]1[C@H]1[C@@H](CC[C@@]2(C)O)C1(C)C. The Labute approximate surface area is 227 Å². The van der Waals surface area contributed by atoms with E-state index in [-0.39, 0.29) is 17.3 Å². The van der Waals surface area contributed by atoms with Crippen molar-refractivity contribution in [1.82, 2.24) is 0 Å². The van der Waals surface area contributed by atoms with Crippen LogP contribution in [-0.4, -0.2) is 32.0 Å². The molecule has 0 spiro atoms. The summed E-state index contributed by atoms with van der Waals surface area (Å²) in [6, 6.07) is 12.2. The minimum Gasteiger partial charge on any atom is -0.496 e. The van der Waals surface area contributed by atoms with Crippen LogP contribution in [0.3, 0.4) is 0 Å². The molecule has 6 rings (SSSR count). The van der Waals surface area contributed by atoms with Crippen LogP contribution in [0.5, 0.6) is 23.0 Å². The topological polar surface area (TPSA) is 57.2 Å². The number of fused-ring (bicyclic) bond motifs is 4. The average Bonchev–Trinajstić information content (AvgIpc) is 3.32. The van der Waals surface area contributed by atoms with Gasteiger partial charge in [0.1, 0.15) is 11.5 Å². The van der Waals surface area contributed by atoms with Crippen LogP contribution in [0.15, 0.2) is 42.5 Å². The maximum Gasteiger partial charge on any atom is 0.204 e. The molecule has 3 aliphatic carbocycles. The number of hydrogen-bond donors (Lipinski definition) is 1. The van der Waals surface area contributed by atoms with Crippen molar-refractivity contribution >= 4 is 5.76 Å². The summed E-state index contributed by atoms with van der Waals surface area (Å²) < 4.78 is 24.3. The van der Waals surface area contributed by atoms with Gasteiger partial charge in [-0.3, -0.25) is 0 Å². The first-order valence-electron chi connectivity index (χ1n) is 14.1. The van der Waals surface area contributed by atoms with Crippen molar-refractivity contribution in [3.05, 3.63) is 53.6 Å². The number of benzene rings is 2. The molecular formula is C33H42O5. The summed E-state index contributed by atoms with van der Waals surface area (Å²) in [5.74, 6) is 5.37. The number of ether oxygens (including phenoxy) is 4. The quantitative estimate of drug-likeness (QED) is 0.458. The fourth-order valence-electron chi connectivity index (χ4n) is 8.85. The highest BCUT2D eigenvalue weighted by molar-refractivity contribution is 5.74. The molecule has 5 nitrogen and oxygen atoms in total. The molecule has 1 aliphatic heterocycles. The molecule has 3 saturated carbocycles. The van der Waals surface area contributed by atoms with E-state index in [1.54, 1.807) is 21.3 Å². The highest BCUT2D eigenvalue weighted by atomic mass is 16.5. The predicted molar refractivity (Wildman–Crippen MR) is 149 cm³/mol. The normalized spacial score (nSPS) is 36.5. The van der Waals surface area contributed by atoms with Crippen LogP contribution in [0.25, 0.3) is 5.76 Å². The molecule has 0 unspecified atom stereocenters. The molecule has 38 heavy (non-hydrogen) atoms. The Morgan fingerprint density at radius 1 is 0.842 bits per heavy atom. The smallest absolute Gasteiger partial charge is 0.204 e. The van der Waals surface area contributed by atoms with Gasteiger partial charge < -0.3 is 24.1 Å². The maximum absolute atomic E-state index is 11.7. The van der Waals surface area contributed by atoms with Crippen molar-refractivity contribution in [3.63, 3.8) is 0 Å². The summed E-state index contributed by atoms with van der Waals surface area (Å²) >= 11 is 0. The van der Waals surface area contributed by atoms with Crippen LogP contribution in [0.1, 0.15) is 70.4 Å². The largest absolute Gasteiger partial charge is 0.496 e. The molecule has 7 atom stereocenters. The molecule has 3 fully saturated rings. The van der Waals surface area contributed by atoms with E-state index < -0.39 is 5.60 Å². The third-order valence-electron chi connectivity index (χ3n) is 10.9. The Morgan fingerprint density at radius 3 is 2.18 bits per heavy atom. The van der Waals surface area contributed by atoms with Crippen molar-refractivity contribution in [2.24, 2.45) is 34.5 Å². The van der Waals surface area contributed by atoms with E-state index in [0.717, 1.165) is 48.3 Å². The predicted octanol–water partition coefficient (Wildman–Crippen LogP) is 7.08. The van der Waals surface area contributed by atoms with Gasteiger partial charge in [0.05, 0.1) is 26.9 Å². The summed E-state index contributed by atoms with van der Waals surface area (Å²) in [6.45, 7) is 9.43. The number of methoxy groups -OCH3 is 3. The van der Waals surface area contributed by atoms with Gasteiger partial charge in [0.2, 0.25) is 5.75 Å². The number of rotatable bonds is 5. The summed E-state index contributed by atoms with van der Waals surface area (Å²) in [7, 11) is 5.02. The standard InChI is InChI=1S/C33H42O5/c1-31(2)20-14-16-33(4,34)21-13-15-32(3,28(21)27(20)31)22-17-23(19-11-9-8-10-12-19)38-30-26(22)24(35-5)18-25(36-6)29(30)37-7/h8-12,17-18,20-22,27-28,34H,13-16H2,1-7H3/t20-,21-,22-,27-,28-,32-,33-/m1/s1. The molecule has 0 saturated heterocycles. The lowest BCUT2D eigenvalue weighted by Crippen LogP contribution is -2.42. The summed E-state index contributed by atoms with van der Waals surface area (Å²) in [5.41, 5.74) is 1.61. The van der Waals surface area contributed by atoms with Gasteiger partial charge in [-0.1, -0.05) is 51.1 Å². The zero-order valence-corrected chi connectivity index (χ0v) is 23.8. The van der Waals surface area contributed by atoms with Crippen LogP contribution in [0.4, 0.5) is 0 Å². The molecule has 5 heteroatoms. The molecule has 4 aliphatic rings. The number of hydrogen-bond acceptors (Lipinski definition) is 5. The van der Waals surface area contributed by atoms with Crippen LogP contribution < -0.4 is 18.9 Å². The zero-order chi connectivity index (χ0) is 27.0. The fourth-order valence-corrected chi connectivity index (χ4v) is 8.85. The number of aliphatic hydroxyl groups is 1. The summed E-state index contributed by atoms with van der Waals surface area (Å²) in [6.07, 6.45) is 6.39. The third kappa shape index (κ3) is 3.53. The van der Waals surface area contributed by atoms with E-state index in [4.69, 9.17) is 18.9 Å². The molecule has 1 heterocycles. The first kappa shape index (κ1) is 25.6. The molecule has 0 aromatic heterocycles. The second-order valence-electron chi connectivity index (χ2n) is 13.1. The Balaban J connectivity index is 1.58. The molecule has 204 valence electrons. The monoisotopic (exact) mass is 518 g/mol. The van der Waals surface area contributed by atoms with E-state index >= 15 is 0 Å². The maximum atomic E-state index is 11.7.